The minimum atomic E-state index is -3.56. The number of carbonyl (C=O) groups excluding carboxylic acids is 1. The lowest BCUT2D eigenvalue weighted by molar-refractivity contribution is 0.0951. The molecule has 0 saturated carbocycles. The van der Waals surface area contributed by atoms with E-state index in [9.17, 15) is 21.6 Å². The van der Waals surface area contributed by atoms with Crippen LogP contribution >= 0.6 is 0 Å². The summed E-state index contributed by atoms with van der Waals surface area (Å²) in [5.41, 5.74) is 2.64. The minimum absolute atomic E-state index is 0.154. The molecule has 0 radical (unpaired) electrons. The third-order valence-electron chi connectivity index (χ3n) is 5.63. The Morgan fingerprint density at radius 1 is 1.12 bits per heavy atom. The van der Waals surface area contributed by atoms with E-state index in [1.54, 1.807) is 51.2 Å². The largest absolute Gasteiger partial charge is 0.348 e. The molecule has 0 saturated heterocycles. The van der Waals surface area contributed by atoms with Crippen LogP contribution in [0, 0.1) is 0 Å². The molecule has 3 rings (SSSR count). The first-order chi connectivity index (χ1) is 14.8. The van der Waals surface area contributed by atoms with Crippen molar-refractivity contribution >= 4 is 31.6 Å². The number of hydrogen-bond acceptors (Lipinski definition) is 5. The topological polar surface area (TPSA) is 104 Å². The van der Waals surface area contributed by atoms with Crippen LogP contribution in [0.4, 0.5) is 5.69 Å². The number of amides is 1. The molecule has 0 aromatic heterocycles. The quantitative estimate of drug-likeness (QED) is 0.657. The summed E-state index contributed by atoms with van der Waals surface area (Å²) in [6.07, 6.45) is 1.72. The maximum absolute atomic E-state index is 12.6. The summed E-state index contributed by atoms with van der Waals surface area (Å²) >= 11 is 0. The number of rotatable bonds is 7. The highest BCUT2D eigenvalue weighted by molar-refractivity contribution is 7.92. The van der Waals surface area contributed by atoms with Gasteiger partial charge < -0.3 is 5.32 Å². The van der Waals surface area contributed by atoms with Gasteiger partial charge in [0.25, 0.3) is 5.91 Å². The zero-order valence-corrected chi connectivity index (χ0v) is 20.5. The Morgan fingerprint density at radius 2 is 1.75 bits per heavy atom. The van der Waals surface area contributed by atoms with Gasteiger partial charge in [0.05, 0.1) is 16.8 Å². The summed E-state index contributed by atoms with van der Waals surface area (Å²) in [4.78, 5) is 12.8. The second-order valence-corrected chi connectivity index (χ2v) is 12.3. The zero-order chi connectivity index (χ0) is 23.8. The predicted octanol–water partition coefficient (Wildman–Crippen LogP) is 2.36. The van der Waals surface area contributed by atoms with Crippen molar-refractivity contribution in [2.24, 2.45) is 0 Å². The van der Waals surface area contributed by atoms with Crippen molar-refractivity contribution in [3.8, 4) is 0 Å². The minimum Gasteiger partial charge on any atom is -0.348 e. The molecule has 2 aromatic carbocycles. The first-order valence-corrected chi connectivity index (χ1v) is 13.6. The van der Waals surface area contributed by atoms with Crippen LogP contribution in [0.2, 0.25) is 0 Å². The molecule has 0 aliphatic carbocycles. The average molecular weight is 480 g/mol. The average Bonchev–Trinajstić information content (AvgIpc) is 3.06. The van der Waals surface area contributed by atoms with E-state index in [-0.39, 0.29) is 29.4 Å². The van der Waals surface area contributed by atoms with Crippen LogP contribution in [-0.4, -0.2) is 52.4 Å². The number of sulfonamides is 2. The van der Waals surface area contributed by atoms with Gasteiger partial charge in [-0.1, -0.05) is 12.1 Å². The van der Waals surface area contributed by atoms with Gasteiger partial charge >= 0.3 is 0 Å². The Bertz CT molecular complexity index is 1220. The summed E-state index contributed by atoms with van der Waals surface area (Å²) < 4.78 is 51.9. The number of fused-ring (bicyclic) bond motifs is 1. The Morgan fingerprint density at radius 3 is 2.31 bits per heavy atom. The van der Waals surface area contributed by atoms with Crippen LogP contribution in [0.3, 0.4) is 0 Å². The molecule has 1 aliphatic rings. The molecule has 10 heteroatoms. The molecule has 2 aromatic rings. The van der Waals surface area contributed by atoms with Gasteiger partial charge in [-0.2, -0.15) is 4.31 Å². The van der Waals surface area contributed by atoms with Gasteiger partial charge in [0.1, 0.15) is 0 Å². The van der Waals surface area contributed by atoms with Crippen molar-refractivity contribution in [1.82, 2.24) is 9.62 Å². The van der Waals surface area contributed by atoms with Crippen molar-refractivity contribution in [2.45, 2.75) is 50.7 Å². The van der Waals surface area contributed by atoms with Gasteiger partial charge in [0.2, 0.25) is 20.0 Å². The summed E-state index contributed by atoms with van der Waals surface area (Å²) in [6.45, 7) is 5.69. The molecule has 0 fully saturated rings. The van der Waals surface area contributed by atoms with Crippen molar-refractivity contribution < 1.29 is 21.6 Å². The van der Waals surface area contributed by atoms with Gasteiger partial charge in [-0.25, -0.2) is 16.8 Å². The zero-order valence-electron chi connectivity index (χ0n) is 18.9. The maximum atomic E-state index is 12.6. The van der Waals surface area contributed by atoms with Crippen LogP contribution in [0.1, 0.15) is 42.3 Å². The second kappa shape index (κ2) is 8.84. The maximum Gasteiger partial charge on any atom is 0.251 e. The molecule has 1 amide bonds. The van der Waals surface area contributed by atoms with E-state index in [2.05, 4.69) is 5.32 Å². The van der Waals surface area contributed by atoms with Crippen molar-refractivity contribution in [1.29, 1.82) is 0 Å². The molecule has 1 N–H and O–H groups in total. The molecule has 1 unspecified atom stereocenters. The Hall–Kier alpha value is -2.43. The highest BCUT2D eigenvalue weighted by Crippen LogP contribution is 2.34. The summed E-state index contributed by atoms with van der Waals surface area (Å²) in [5, 5.41) is 2.83. The van der Waals surface area contributed by atoms with E-state index in [4.69, 9.17) is 0 Å². The number of nitrogens with zero attached hydrogens (tertiary/aromatic N) is 2. The third-order valence-corrected chi connectivity index (χ3v) is 8.95. The smallest absolute Gasteiger partial charge is 0.251 e. The SMILES string of the molecule is CC1Cc2cc(C(=O)NCc3ccc(S(=O)(=O)N(C)C(C)C)cc3)ccc2N1S(C)(=O)=O. The van der Waals surface area contributed by atoms with Gasteiger partial charge in [-0.15, -0.1) is 0 Å². The van der Waals surface area contributed by atoms with E-state index in [1.165, 1.54) is 27.0 Å². The van der Waals surface area contributed by atoms with E-state index >= 15 is 0 Å². The number of hydrogen-bond donors (Lipinski definition) is 1. The second-order valence-electron chi connectivity index (χ2n) is 8.40. The number of benzene rings is 2. The Kier molecular flexibility index (Phi) is 6.69. The Labute approximate surface area is 190 Å². The molecule has 0 spiro atoms. The molecule has 174 valence electrons. The van der Waals surface area contributed by atoms with Crippen LogP contribution in [0.5, 0.6) is 0 Å². The van der Waals surface area contributed by atoms with E-state index in [0.717, 1.165) is 11.1 Å². The molecular formula is C22H29N3O5S2. The third kappa shape index (κ3) is 4.82. The summed E-state index contributed by atoms with van der Waals surface area (Å²) in [5.74, 6) is -0.283. The molecule has 8 nitrogen and oxygen atoms in total. The van der Waals surface area contributed by atoms with Crippen LogP contribution < -0.4 is 9.62 Å². The monoisotopic (exact) mass is 479 g/mol. The summed E-state index contributed by atoms with van der Waals surface area (Å²) in [7, 11) is -5.40. The first-order valence-electron chi connectivity index (χ1n) is 10.3. The molecule has 1 aliphatic heterocycles. The van der Waals surface area contributed by atoms with Crippen LogP contribution in [0.15, 0.2) is 47.4 Å². The van der Waals surface area contributed by atoms with Crippen molar-refractivity contribution in [3.63, 3.8) is 0 Å². The summed E-state index contributed by atoms with van der Waals surface area (Å²) in [6, 6.07) is 11.1. The molecule has 0 bridgehead atoms. The normalized spacial score (nSPS) is 16.5. The first kappa shape index (κ1) is 24.2. The van der Waals surface area contributed by atoms with Crippen LogP contribution in [-0.2, 0) is 33.0 Å². The van der Waals surface area contributed by atoms with Gasteiger partial charge in [-0.3, -0.25) is 9.10 Å². The number of carbonyl (C=O) groups is 1. The van der Waals surface area contributed by atoms with Gasteiger partial charge in [-0.05, 0) is 68.7 Å². The lowest BCUT2D eigenvalue weighted by Crippen LogP contribution is -2.34. The number of nitrogens with one attached hydrogen (secondary N) is 1. The lowest BCUT2D eigenvalue weighted by Gasteiger charge is -2.22. The molecule has 1 heterocycles. The molecule has 32 heavy (non-hydrogen) atoms. The molecular weight excluding hydrogens is 450 g/mol. The van der Waals surface area contributed by atoms with Crippen molar-refractivity contribution in [3.05, 3.63) is 59.2 Å². The fraction of sp³-hybridized carbons (Fsp3) is 0.409. The lowest BCUT2D eigenvalue weighted by atomic mass is 10.1. The van der Waals surface area contributed by atoms with Crippen LogP contribution in [0.25, 0.3) is 0 Å². The highest BCUT2D eigenvalue weighted by atomic mass is 32.2. The van der Waals surface area contributed by atoms with Gasteiger partial charge in [0.15, 0.2) is 0 Å². The highest BCUT2D eigenvalue weighted by Gasteiger charge is 2.32. The molecule has 1 atom stereocenters. The van der Waals surface area contributed by atoms with Gasteiger partial charge in [0, 0.05) is 31.2 Å². The Balaban J connectivity index is 1.69. The van der Waals surface area contributed by atoms with E-state index in [1.807, 2.05) is 6.92 Å². The fourth-order valence-electron chi connectivity index (χ4n) is 3.76. The fourth-order valence-corrected chi connectivity index (χ4v) is 6.39. The standard InChI is InChI=1S/C22H29N3O5S2/c1-15(2)24(4)32(29,30)20-9-6-17(7-10-20)14-23-22(26)18-8-11-21-19(13-18)12-16(3)25(21)31(5,27)28/h6-11,13,15-16H,12,14H2,1-5H3,(H,23,26). The predicted molar refractivity (Wildman–Crippen MR) is 125 cm³/mol. The van der Waals surface area contributed by atoms with E-state index < -0.39 is 20.0 Å². The van der Waals surface area contributed by atoms with E-state index in [0.29, 0.717) is 17.7 Å². The van der Waals surface area contributed by atoms with Crippen molar-refractivity contribution in [2.75, 3.05) is 17.6 Å². The number of anilines is 1.